The van der Waals surface area contributed by atoms with E-state index in [1.807, 2.05) is 21.1 Å². The van der Waals surface area contributed by atoms with Crippen LogP contribution in [0.5, 0.6) is 0 Å². The number of esters is 1. The van der Waals surface area contributed by atoms with E-state index in [1.54, 1.807) is 0 Å². The summed E-state index contributed by atoms with van der Waals surface area (Å²) >= 11 is 0. The summed E-state index contributed by atoms with van der Waals surface area (Å²) in [7, 11) is 1.56. The van der Waals surface area contributed by atoms with Gasteiger partial charge in [0, 0.05) is 6.42 Å². The van der Waals surface area contributed by atoms with Crippen molar-refractivity contribution < 1.29 is 37.6 Å². The third-order valence-corrected chi connectivity index (χ3v) is 5.35. The SMILES string of the molecule is CCCCCCCCCCCC(=O)OC[C@@H](O)COP(=O)(O)OCC[N+](C)(C)C. The number of phosphoric ester groups is 1. The molecule has 1 unspecified atom stereocenters. The van der Waals surface area contributed by atoms with Crippen LogP contribution in [0.2, 0.25) is 0 Å². The second-order valence-corrected chi connectivity index (χ2v) is 9.98. The third-order valence-electron chi connectivity index (χ3n) is 4.37. The Morgan fingerprint density at radius 2 is 1.48 bits per heavy atom. The molecule has 0 radical (unpaired) electrons. The Kier molecular flexibility index (Phi) is 15.9. The van der Waals surface area contributed by atoms with Crippen LogP contribution in [-0.2, 0) is 23.1 Å². The minimum atomic E-state index is -4.23. The molecule has 0 amide bonds. The molecule has 0 aliphatic carbocycles. The molecule has 0 heterocycles. The first kappa shape index (κ1) is 28.5. The van der Waals surface area contributed by atoms with Gasteiger partial charge >= 0.3 is 13.8 Å². The standard InChI is InChI=1S/C20H42NO7P/c1-5-6-7-8-9-10-11-12-13-14-20(23)26-17-19(22)18-28-29(24,25)27-16-15-21(2,3)4/h19,22H,5-18H2,1-4H3/p+1/t19-/m1/s1. The number of unbranched alkanes of at least 4 members (excludes halogenated alkanes) is 8. The fraction of sp³-hybridized carbons (Fsp3) is 0.950. The molecule has 0 saturated heterocycles. The number of phosphoric acid groups is 1. The van der Waals surface area contributed by atoms with Gasteiger partial charge in [0.1, 0.15) is 25.9 Å². The predicted molar refractivity (Wildman–Crippen MR) is 113 cm³/mol. The van der Waals surface area contributed by atoms with Gasteiger partial charge in [-0.25, -0.2) is 4.57 Å². The van der Waals surface area contributed by atoms with Gasteiger partial charge in [0.25, 0.3) is 0 Å². The maximum atomic E-state index is 11.7. The third kappa shape index (κ3) is 20.5. The molecular weight excluding hydrogens is 397 g/mol. The molecule has 0 fully saturated rings. The van der Waals surface area contributed by atoms with Gasteiger partial charge in [0.15, 0.2) is 0 Å². The van der Waals surface area contributed by atoms with Crippen LogP contribution in [0, 0.1) is 0 Å². The lowest BCUT2D eigenvalue weighted by molar-refractivity contribution is -0.870. The number of hydrogen-bond acceptors (Lipinski definition) is 6. The highest BCUT2D eigenvalue weighted by molar-refractivity contribution is 7.47. The van der Waals surface area contributed by atoms with E-state index in [0.29, 0.717) is 17.4 Å². The second-order valence-electron chi connectivity index (χ2n) is 8.53. The summed E-state index contributed by atoms with van der Waals surface area (Å²) in [6.45, 7) is 2.09. The number of ether oxygens (including phenoxy) is 1. The van der Waals surface area contributed by atoms with Crippen molar-refractivity contribution in [2.75, 3.05) is 47.5 Å². The summed E-state index contributed by atoms with van der Waals surface area (Å²) in [4.78, 5) is 21.3. The number of carbonyl (C=O) groups is 1. The van der Waals surface area contributed by atoms with E-state index in [1.165, 1.54) is 38.5 Å². The van der Waals surface area contributed by atoms with Crippen molar-refractivity contribution in [2.24, 2.45) is 0 Å². The molecule has 29 heavy (non-hydrogen) atoms. The van der Waals surface area contributed by atoms with Gasteiger partial charge in [-0.2, -0.15) is 0 Å². The molecule has 0 aliphatic heterocycles. The van der Waals surface area contributed by atoms with Gasteiger partial charge in [-0.05, 0) is 6.42 Å². The normalized spacial score (nSPS) is 15.1. The smallest absolute Gasteiger partial charge is 0.463 e. The van der Waals surface area contributed by atoms with Crippen molar-refractivity contribution in [3.63, 3.8) is 0 Å². The molecule has 174 valence electrons. The first-order chi connectivity index (χ1) is 13.6. The number of quaternary nitrogens is 1. The van der Waals surface area contributed by atoms with Crippen molar-refractivity contribution in [3.05, 3.63) is 0 Å². The molecule has 2 N–H and O–H groups in total. The highest BCUT2D eigenvalue weighted by atomic mass is 31.2. The zero-order chi connectivity index (χ0) is 22.2. The molecule has 0 bridgehead atoms. The number of aliphatic hydroxyl groups excluding tert-OH is 1. The van der Waals surface area contributed by atoms with Crippen molar-refractivity contribution in [1.29, 1.82) is 0 Å². The summed E-state index contributed by atoms with van der Waals surface area (Å²) in [5.74, 6) is -0.377. The van der Waals surface area contributed by atoms with Gasteiger partial charge in [-0.3, -0.25) is 13.8 Å². The summed E-state index contributed by atoms with van der Waals surface area (Å²) in [6.07, 6.45) is 9.64. The second kappa shape index (κ2) is 16.2. The Bertz CT molecular complexity index is 468. The van der Waals surface area contributed by atoms with Crippen molar-refractivity contribution in [2.45, 2.75) is 77.2 Å². The van der Waals surface area contributed by atoms with Crippen LogP contribution < -0.4 is 0 Å². The lowest BCUT2D eigenvalue weighted by Crippen LogP contribution is -2.37. The largest absolute Gasteiger partial charge is 0.472 e. The minimum Gasteiger partial charge on any atom is -0.463 e. The van der Waals surface area contributed by atoms with Crippen LogP contribution in [0.4, 0.5) is 0 Å². The van der Waals surface area contributed by atoms with Gasteiger partial charge in [0.05, 0.1) is 27.7 Å². The van der Waals surface area contributed by atoms with Crippen LogP contribution in [-0.4, -0.2) is 74.1 Å². The fourth-order valence-corrected chi connectivity index (χ4v) is 3.28. The van der Waals surface area contributed by atoms with E-state index in [9.17, 15) is 19.4 Å². The minimum absolute atomic E-state index is 0.0566. The molecule has 9 heteroatoms. The number of likely N-dealkylation sites (N-methyl/N-ethyl adjacent to an activating group) is 1. The highest BCUT2D eigenvalue weighted by Crippen LogP contribution is 2.43. The van der Waals surface area contributed by atoms with Crippen LogP contribution in [0.1, 0.15) is 71.1 Å². The van der Waals surface area contributed by atoms with E-state index >= 15 is 0 Å². The molecule has 0 aromatic heterocycles. The van der Waals surface area contributed by atoms with E-state index in [4.69, 9.17) is 13.8 Å². The van der Waals surface area contributed by atoms with Crippen LogP contribution in [0.25, 0.3) is 0 Å². The molecule has 8 nitrogen and oxygen atoms in total. The summed E-state index contributed by atoms with van der Waals surface area (Å²) < 4.78 is 26.9. The number of carbonyl (C=O) groups excluding carboxylic acids is 1. The van der Waals surface area contributed by atoms with Gasteiger partial charge in [-0.1, -0.05) is 58.3 Å². The number of aliphatic hydroxyl groups is 1. The Morgan fingerprint density at radius 1 is 0.931 bits per heavy atom. The summed E-state index contributed by atoms with van der Waals surface area (Å²) in [5, 5.41) is 9.75. The fourth-order valence-electron chi connectivity index (χ4n) is 2.54. The van der Waals surface area contributed by atoms with Crippen molar-refractivity contribution >= 4 is 13.8 Å². The molecule has 0 aromatic carbocycles. The predicted octanol–water partition coefficient (Wildman–Crippen LogP) is 3.65. The lowest BCUT2D eigenvalue weighted by atomic mass is 10.1. The highest BCUT2D eigenvalue weighted by Gasteiger charge is 2.24. The van der Waals surface area contributed by atoms with Gasteiger partial charge in [-0.15, -0.1) is 0 Å². The molecule has 0 rings (SSSR count). The average Bonchev–Trinajstić information content (AvgIpc) is 2.62. The molecule has 0 aromatic rings. The Hall–Kier alpha value is -0.500. The number of rotatable bonds is 19. The lowest BCUT2D eigenvalue weighted by Gasteiger charge is -2.24. The van der Waals surface area contributed by atoms with Crippen molar-refractivity contribution in [3.8, 4) is 0 Å². The quantitative estimate of drug-likeness (QED) is 0.137. The number of nitrogens with zero attached hydrogens (tertiary/aromatic N) is 1. The summed E-state index contributed by atoms with van der Waals surface area (Å²) in [6, 6.07) is 0. The first-order valence-electron chi connectivity index (χ1n) is 10.8. The Morgan fingerprint density at radius 3 is 2.03 bits per heavy atom. The Balaban J connectivity index is 3.69. The average molecular weight is 441 g/mol. The Labute approximate surface area is 176 Å². The first-order valence-corrected chi connectivity index (χ1v) is 12.3. The molecule has 0 saturated carbocycles. The number of hydrogen-bond donors (Lipinski definition) is 2. The zero-order valence-corrected chi connectivity index (χ0v) is 19.7. The van der Waals surface area contributed by atoms with E-state index in [-0.39, 0.29) is 19.2 Å². The molecule has 0 aliphatic rings. The maximum absolute atomic E-state index is 11.7. The van der Waals surface area contributed by atoms with Crippen LogP contribution >= 0.6 is 7.82 Å². The van der Waals surface area contributed by atoms with E-state index in [2.05, 4.69) is 6.92 Å². The monoisotopic (exact) mass is 440 g/mol. The van der Waals surface area contributed by atoms with Gasteiger partial charge < -0.3 is 19.2 Å². The van der Waals surface area contributed by atoms with Crippen LogP contribution in [0.3, 0.4) is 0 Å². The van der Waals surface area contributed by atoms with E-state index < -0.39 is 20.5 Å². The topological polar surface area (TPSA) is 102 Å². The van der Waals surface area contributed by atoms with E-state index in [0.717, 1.165) is 19.3 Å². The molecule has 2 atom stereocenters. The van der Waals surface area contributed by atoms with Gasteiger partial charge in [0.2, 0.25) is 0 Å². The van der Waals surface area contributed by atoms with Crippen LogP contribution in [0.15, 0.2) is 0 Å². The molecular formula is C20H43NO7P+. The molecule has 0 spiro atoms. The van der Waals surface area contributed by atoms with Crippen molar-refractivity contribution in [1.82, 2.24) is 0 Å². The summed E-state index contributed by atoms with van der Waals surface area (Å²) in [5.41, 5.74) is 0. The maximum Gasteiger partial charge on any atom is 0.472 e. The zero-order valence-electron chi connectivity index (χ0n) is 18.8.